The minimum absolute atomic E-state index is 0.242. The zero-order chi connectivity index (χ0) is 19.8. The van der Waals surface area contributed by atoms with Gasteiger partial charge in [-0.25, -0.2) is 0 Å². The molecule has 4 heterocycles. The lowest BCUT2D eigenvalue weighted by Crippen LogP contribution is -2.04. The summed E-state index contributed by atoms with van der Waals surface area (Å²) in [7, 11) is 1.64. The minimum atomic E-state index is 0.242. The van der Waals surface area contributed by atoms with Crippen LogP contribution in [0, 0.1) is 6.92 Å². The highest BCUT2D eigenvalue weighted by Crippen LogP contribution is 2.28. The van der Waals surface area contributed by atoms with Crippen LogP contribution in [0.1, 0.15) is 11.4 Å². The molecule has 0 radical (unpaired) electrons. The van der Waals surface area contributed by atoms with Crippen LogP contribution in [0.4, 0.5) is 0 Å². The summed E-state index contributed by atoms with van der Waals surface area (Å²) >= 11 is 1.67. The number of benzene rings is 1. The van der Waals surface area contributed by atoms with Crippen LogP contribution in [0.25, 0.3) is 27.1 Å². The van der Waals surface area contributed by atoms with Crippen molar-refractivity contribution in [2.24, 2.45) is 0 Å². The topological polar surface area (TPSA) is 74.4 Å². The number of aromatic nitrogens is 5. The van der Waals surface area contributed by atoms with Crippen LogP contribution in [0.5, 0.6) is 11.5 Å². The molecule has 29 heavy (non-hydrogen) atoms. The molecule has 4 aromatic heterocycles. The van der Waals surface area contributed by atoms with Gasteiger partial charge < -0.3 is 9.47 Å². The first-order valence-electron chi connectivity index (χ1n) is 9.04. The van der Waals surface area contributed by atoms with Crippen LogP contribution in [-0.2, 0) is 6.61 Å². The highest BCUT2D eigenvalue weighted by Gasteiger charge is 2.12. The standard InChI is InChI=1S/C21H17N5O2S/c1-13-9-19(29-12-13)16-5-6-20-23-24-21(26(20)25-16)11-28-18-7-8-22-17-10-14(27-2)3-4-15(17)18/h3-10,12H,11H2,1-2H3. The van der Waals surface area contributed by atoms with Gasteiger partial charge in [-0.2, -0.15) is 9.61 Å². The molecular formula is C21H17N5O2S. The molecule has 0 bridgehead atoms. The van der Waals surface area contributed by atoms with E-state index >= 15 is 0 Å². The lowest BCUT2D eigenvalue weighted by molar-refractivity contribution is 0.296. The second-order valence-corrected chi connectivity index (χ2v) is 7.49. The zero-order valence-corrected chi connectivity index (χ0v) is 16.7. The number of ether oxygens (including phenoxy) is 2. The summed E-state index contributed by atoms with van der Waals surface area (Å²) in [6.07, 6.45) is 1.72. The van der Waals surface area contributed by atoms with Gasteiger partial charge in [0.05, 0.1) is 17.5 Å². The van der Waals surface area contributed by atoms with Crippen molar-refractivity contribution in [2.75, 3.05) is 7.11 Å². The predicted molar refractivity (Wildman–Crippen MR) is 111 cm³/mol. The number of thiophene rings is 1. The van der Waals surface area contributed by atoms with Crippen LogP contribution in [0.2, 0.25) is 0 Å². The predicted octanol–water partition coefficient (Wildman–Crippen LogP) is 4.30. The van der Waals surface area contributed by atoms with Crippen molar-refractivity contribution in [3.05, 3.63) is 65.4 Å². The molecule has 0 atom stereocenters. The lowest BCUT2D eigenvalue weighted by atomic mass is 10.2. The Morgan fingerprint density at radius 3 is 2.83 bits per heavy atom. The molecule has 0 fully saturated rings. The maximum Gasteiger partial charge on any atom is 0.192 e. The van der Waals surface area contributed by atoms with Gasteiger partial charge in [0.2, 0.25) is 0 Å². The SMILES string of the molecule is COc1ccc2c(OCc3nnc4ccc(-c5cc(C)cs5)nn34)ccnc2c1. The van der Waals surface area contributed by atoms with E-state index in [2.05, 4.69) is 33.6 Å². The molecule has 0 aliphatic heterocycles. The van der Waals surface area contributed by atoms with Gasteiger partial charge in [0.1, 0.15) is 23.8 Å². The summed E-state index contributed by atoms with van der Waals surface area (Å²) < 4.78 is 13.1. The number of methoxy groups -OCH3 is 1. The summed E-state index contributed by atoms with van der Waals surface area (Å²) in [6, 6.07) is 13.5. The van der Waals surface area contributed by atoms with E-state index in [4.69, 9.17) is 14.6 Å². The van der Waals surface area contributed by atoms with Crippen LogP contribution in [0.15, 0.2) is 54.0 Å². The fourth-order valence-corrected chi connectivity index (χ4v) is 3.98. The van der Waals surface area contributed by atoms with E-state index in [1.807, 2.05) is 36.4 Å². The molecule has 7 nitrogen and oxygen atoms in total. The van der Waals surface area contributed by atoms with E-state index in [1.165, 1.54) is 5.56 Å². The number of pyridine rings is 1. The van der Waals surface area contributed by atoms with Crippen LogP contribution in [-0.4, -0.2) is 31.9 Å². The molecule has 0 unspecified atom stereocenters. The first-order valence-corrected chi connectivity index (χ1v) is 9.91. The third kappa shape index (κ3) is 3.27. The van der Waals surface area contributed by atoms with Gasteiger partial charge in [-0.1, -0.05) is 0 Å². The summed E-state index contributed by atoms with van der Waals surface area (Å²) in [4.78, 5) is 5.50. The van der Waals surface area contributed by atoms with E-state index in [0.717, 1.165) is 33.0 Å². The van der Waals surface area contributed by atoms with Crippen molar-refractivity contribution in [1.82, 2.24) is 24.8 Å². The van der Waals surface area contributed by atoms with Crippen molar-refractivity contribution in [3.63, 3.8) is 0 Å². The van der Waals surface area contributed by atoms with Gasteiger partial charge in [0, 0.05) is 17.6 Å². The number of hydrogen-bond donors (Lipinski definition) is 0. The summed E-state index contributed by atoms with van der Waals surface area (Å²) in [5, 5.41) is 16.2. The van der Waals surface area contributed by atoms with Crippen LogP contribution >= 0.6 is 11.3 Å². The summed E-state index contributed by atoms with van der Waals surface area (Å²) in [6.45, 7) is 2.32. The third-order valence-corrected chi connectivity index (χ3v) is 5.65. The quantitative estimate of drug-likeness (QED) is 0.436. The molecule has 5 rings (SSSR count). The smallest absolute Gasteiger partial charge is 0.192 e. The number of aryl methyl sites for hydroxylation is 1. The van der Waals surface area contributed by atoms with Crippen molar-refractivity contribution < 1.29 is 9.47 Å². The average Bonchev–Trinajstić information content (AvgIpc) is 3.37. The lowest BCUT2D eigenvalue weighted by Gasteiger charge is -2.09. The highest BCUT2D eigenvalue weighted by atomic mass is 32.1. The largest absolute Gasteiger partial charge is 0.497 e. The first kappa shape index (κ1) is 17.6. The second kappa shape index (κ2) is 7.14. The Morgan fingerprint density at radius 2 is 2.00 bits per heavy atom. The van der Waals surface area contributed by atoms with Crippen LogP contribution in [0.3, 0.4) is 0 Å². The molecule has 0 aliphatic carbocycles. The summed E-state index contributed by atoms with van der Waals surface area (Å²) in [5.74, 6) is 2.11. The molecular weight excluding hydrogens is 386 g/mol. The fraction of sp³-hybridized carbons (Fsp3) is 0.143. The normalized spacial score (nSPS) is 11.2. The fourth-order valence-electron chi connectivity index (χ4n) is 3.12. The number of rotatable bonds is 5. The molecule has 0 amide bonds. The molecule has 0 spiro atoms. The van der Waals surface area contributed by atoms with Gasteiger partial charge in [-0.15, -0.1) is 21.5 Å². The van der Waals surface area contributed by atoms with Crippen LogP contribution < -0.4 is 9.47 Å². The third-order valence-electron chi connectivity index (χ3n) is 4.58. The zero-order valence-electron chi connectivity index (χ0n) is 15.9. The van der Waals surface area contributed by atoms with Gasteiger partial charge in [0.25, 0.3) is 0 Å². The molecule has 0 saturated carbocycles. The average molecular weight is 403 g/mol. The van der Waals surface area contributed by atoms with E-state index < -0.39 is 0 Å². The van der Waals surface area contributed by atoms with E-state index in [9.17, 15) is 0 Å². The number of hydrogen-bond acceptors (Lipinski definition) is 7. The highest BCUT2D eigenvalue weighted by molar-refractivity contribution is 7.13. The van der Waals surface area contributed by atoms with Crippen molar-refractivity contribution >= 4 is 27.9 Å². The maximum absolute atomic E-state index is 6.05. The minimum Gasteiger partial charge on any atom is -0.497 e. The molecule has 1 aromatic carbocycles. The molecule has 0 saturated heterocycles. The van der Waals surface area contributed by atoms with E-state index in [1.54, 1.807) is 29.2 Å². The molecule has 0 N–H and O–H groups in total. The molecule has 144 valence electrons. The Hall–Kier alpha value is -3.52. The maximum atomic E-state index is 6.05. The summed E-state index contributed by atoms with van der Waals surface area (Å²) in [5.41, 5.74) is 3.60. The Bertz CT molecular complexity index is 1330. The Kier molecular flexibility index (Phi) is 4.33. The second-order valence-electron chi connectivity index (χ2n) is 6.57. The van der Waals surface area contributed by atoms with E-state index in [0.29, 0.717) is 11.5 Å². The van der Waals surface area contributed by atoms with Crippen molar-refractivity contribution in [1.29, 1.82) is 0 Å². The monoisotopic (exact) mass is 403 g/mol. The first-order chi connectivity index (χ1) is 14.2. The molecule has 0 aliphatic rings. The number of fused-ring (bicyclic) bond motifs is 2. The van der Waals surface area contributed by atoms with Crippen molar-refractivity contribution in [2.45, 2.75) is 13.5 Å². The number of nitrogens with zero attached hydrogens (tertiary/aromatic N) is 5. The Morgan fingerprint density at radius 1 is 1.07 bits per heavy atom. The van der Waals surface area contributed by atoms with Gasteiger partial charge in [-0.05, 0) is 54.3 Å². The molecule has 8 heteroatoms. The van der Waals surface area contributed by atoms with Gasteiger partial charge in [-0.3, -0.25) is 4.98 Å². The Labute approximate surface area is 170 Å². The van der Waals surface area contributed by atoms with E-state index in [-0.39, 0.29) is 6.61 Å². The molecule has 5 aromatic rings. The van der Waals surface area contributed by atoms with Gasteiger partial charge >= 0.3 is 0 Å². The Balaban J connectivity index is 1.46. The van der Waals surface area contributed by atoms with Crippen molar-refractivity contribution in [3.8, 4) is 22.1 Å². The van der Waals surface area contributed by atoms with Gasteiger partial charge in [0.15, 0.2) is 11.5 Å².